The van der Waals surface area contributed by atoms with Crippen LogP contribution in [0.1, 0.15) is 60.3 Å². The minimum Gasteiger partial charge on any atom is -0.480 e. The molecule has 7 heteroatoms. The van der Waals surface area contributed by atoms with E-state index in [0.29, 0.717) is 6.54 Å². The maximum atomic E-state index is 13.3. The van der Waals surface area contributed by atoms with E-state index in [1.54, 1.807) is 20.8 Å². The molecule has 0 aromatic rings. The first-order valence-corrected chi connectivity index (χ1v) is 9.96. The van der Waals surface area contributed by atoms with Crippen molar-refractivity contribution >= 4 is 18.0 Å². The van der Waals surface area contributed by atoms with Gasteiger partial charge in [-0.05, 0) is 50.9 Å². The number of ether oxygens (including phenoxy) is 1. The molecule has 2 amide bonds. The van der Waals surface area contributed by atoms with Crippen LogP contribution in [0.25, 0.3) is 0 Å². The van der Waals surface area contributed by atoms with Crippen molar-refractivity contribution in [3.05, 3.63) is 0 Å². The third kappa shape index (κ3) is 3.78. The van der Waals surface area contributed by atoms with Gasteiger partial charge < -0.3 is 20.1 Å². The fourth-order valence-corrected chi connectivity index (χ4v) is 5.08. The zero-order valence-corrected chi connectivity index (χ0v) is 16.9. The molecule has 3 fully saturated rings. The Hall–Kier alpha value is -1.79. The Labute approximate surface area is 160 Å². The summed E-state index contributed by atoms with van der Waals surface area (Å²) in [6, 6.07) is -1.52. The number of alkyl carbamates (subject to hydrolysis) is 1. The van der Waals surface area contributed by atoms with Crippen LogP contribution >= 0.6 is 0 Å². The molecule has 0 aromatic heterocycles. The summed E-state index contributed by atoms with van der Waals surface area (Å²) in [5, 5.41) is 12.5. The van der Waals surface area contributed by atoms with Crippen LogP contribution in [0.3, 0.4) is 0 Å². The van der Waals surface area contributed by atoms with E-state index >= 15 is 0 Å². The van der Waals surface area contributed by atoms with Gasteiger partial charge >= 0.3 is 12.1 Å². The molecule has 152 valence electrons. The number of piperidine rings is 1. The topological polar surface area (TPSA) is 95.9 Å². The van der Waals surface area contributed by atoms with Gasteiger partial charge in [-0.1, -0.05) is 26.7 Å². The lowest BCUT2D eigenvalue weighted by Gasteiger charge is -2.34. The number of carbonyl (C=O) groups is 3. The molecule has 1 heterocycles. The van der Waals surface area contributed by atoms with Crippen molar-refractivity contribution < 1.29 is 24.2 Å². The molecule has 0 spiro atoms. The van der Waals surface area contributed by atoms with E-state index in [2.05, 4.69) is 19.2 Å². The second-order valence-corrected chi connectivity index (χ2v) is 9.90. The largest absolute Gasteiger partial charge is 0.480 e. The van der Waals surface area contributed by atoms with E-state index < -0.39 is 29.7 Å². The molecule has 4 atom stereocenters. The quantitative estimate of drug-likeness (QED) is 0.782. The van der Waals surface area contributed by atoms with E-state index in [1.807, 2.05) is 0 Å². The number of rotatable bonds is 4. The van der Waals surface area contributed by atoms with Crippen molar-refractivity contribution in [1.29, 1.82) is 0 Å². The molecule has 7 nitrogen and oxygen atoms in total. The number of nitrogens with one attached hydrogen (secondary N) is 1. The highest BCUT2D eigenvalue weighted by atomic mass is 16.6. The first-order chi connectivity index (χ1) is 12.4. The normalized spacial score (nSPS) is 30.6. The molecule has 0 aromatic carbocycles. The van der Waals surface area contributed by atoms with Crippen LogP contribution in [0.5, 0.6) is 0 Å². The summed E-state index contributed by atoms with van der Waals surface area (Å²) < 4.78 is 5.34. The van der Waals surface area contributed by atoms with Gasteiger partial charge in [0.2, 0.25) is 5.91 Å². The van der Waals surface area contributed by atoms with Crippen LogP contribution in [-0.4, -0.2) is 52.2 Å². The molecule has 2 saturated carbocycles. The molecular weight excluding hydrogens is 348 g/mol. The van der Waals surface area contributed by atoms with Gasteiger partial charge in [0.05, 0.1) is 0 Å². The van der Waals surface area contributed by atoms with Crippen LogP contribution in [0.15, 0.2) is 0 Å². The third-order valence-electron chi connectivity index (χ3n) is 6.55. The maximum Gasteiger partial charge on any atom is 0.408 e. The van der Waals surface area contributed by atoms with Gasteiger partial charge in [-0.3, -0.25) is 4.79 Å². The van der Waals surface area contributed by atoms with Crippen molar-refractivity contribution in [2.75, 3.05) is 6.54 Å². The number of nitrogens with zero attached hydrogens (tertiary/aromatic N) is 1. The Morgan fingerprint density at radius 1 is 1.19 bits per heavy atom. The van der Waals surface area contributed by atoms with Crippen LogP contribution < -0.4 is 5.32 Å². The number of likely N-dealkylation sites (tertiary alicyclic amines) is 1. The van der Waals surface area contributed by atoms with Crippen molar-refractivity contribution in [3.63, 3.8) is 0 Å². The maximum absolute atomic E-state index is 13.3. The summed E-state index contributed by atoms with van der Waals surface area (Å²) >= 11 is 0. The zero-order valence-electron chi connectivity index (χ0n) is 16.9. The van der Waals surface area contributed by atoms with E-state index in [4.69, 9.17) is 4.74 Å². The Kier molecular flexibility index (Phi) is 4.93. The number of aliphatic carboxylic acids is 1. The second kappa shape index (κ2) is 6.67. The van der Waals surface area contributed by atoms with Crippen LogP contribution in [0.2, 0.25) is 0 Å². The first-order valence-electron chi connectivity index (χ1n) is 9.96. The van der Waals surface area contributed by atoms with E-state index in [0.717, 1.165) is 25.7 Å². The minimum absolute atomic E-state index is 0.00953. The average Bonchev–Trinajstić information content (AvgIpc) is 3.00. The van der Waals surface area contributed by atoms with Crippen LogP contribution in [0, 0.1) is 23.2 Å². The predicted octanol–water partition coefficient (Wildman–Crippen LogP) is 2.64. The molecule has 0 unspecified atom stereocenters. The second-order valence-electron chi connectivity index (χ2n) is 9.90. The number of amides is 2. The average molecular weight is 380 g/mol. The summed E-state index contributed by atoms with van der Waals surface area (Å²) in [4.78, 5) is 39.0. The molecule has 3 aliphatic rings. The fourth-order valence-electron chi connectivity index (χ4n) is 5.08. The lowest BCUT2D eigenvalue weighted by Crippen LogP contribution is -2.56. The van der Waals surface area contributed by atoms with Crippen LogP contribution in [0.4, 0.5) is 4.79 Å². The van der Waals surface area contributed by atoms with Gasteiger partial charge in [-0.15, -0.1) is 0 Å². The molecule has 1 aliphatic heterocycles. The number of carboxylic acid groups (broad SMARTS) is 1. The van der Waals surface area contributed by atoms with Gasteiger partial charge in [0.15, 0.2) is 0 Å². The number of hydrogen-bond acceptors (Lipinski definition) is 4. The number of hydrogen-bond donors (Lipinski definition) is 2. The molecule has 2 aliphatic carbocycles. The SMILES string of the molecule is CC(C)(C)OC(=O)N[C@H](C(=O)N1C[C@H]2[C@@H]([C@H]1C(=O)O)C2(C)C)C1CCCC1. The van der Waals surface area contributed by atoms with Crippen molar-refractivity contribution in [2.24, 2.45) is 23.2 Å². The van der Waals surface area contributed by atoms with Crippen LogP contribution in [-0.2, 0) is 14.3 Å². The van der Waals surface area contributed by atoms with Crippen molar-refractivity contribution in [3.8, 4) is 0 Å². The van der Waals surface area contributed by atoms with E-state index in [9.17, 15) is 19.5 Å². The van der Waals surface area contributed by atoms with Crippen molar-refractivity contribution in [1.82, 2.24) is 10.2 Å². The number of carbonyl (C=O) groups excluding carboxylic acids is 2. The number of carboxylic acids is 1. The summed E-state index contributed by atoms with van der Waals surface area (Å²) in [6.45, 7) is 9.90. The lowest BCUT2D eigenvalue weighted by molar-refractivity contribution is -0.151. The Bertz CT molecular complexity index is 633. The smallest absolute Gasteiger partial charge is 0.408 e. The first kappa shape index (κ1) is 20.0. The standard InChI is InChI=1S/C20H32N2O5/c1-19(2,3)27-18(26)21-14(11-8-6-7-9-11)16(23)22-10-12-13(20(12,4)5)15(22)17(24)25/h11-15H,6-10H2,1-5H3,(H,21,26)(H,24,25)/t12-,13-,14-,15-/m0/s1. The summed E-state index contributed by atoms with van der Waals surface area (Å²) in [7, 11) is 0. The van der Waals surface area contributed by atoms with Crippen molar-refractivity contribution in [2.45, 2.75) is 78.0 Å². The highest BCUT2D eigenvalue weighted by molar-refractivity contribution is 5.91. The minimum atomic E-state index is -0.955. The highest BCUT2D eigenvalue weighted by Crippen LogP contribution is 2.65. The molecule has 27 heavy (non-hydrogen) atoms. The predicted molar refractivity (Wildman–Crippen MR) is 99.0 cm³/mol. The molecule has 1 saturated heterocycles. The molecule has 0 radical (unpaired) electrons. The Morgan fingerprint density at radius 3 is 2.30 bits per heavy atom. The lowest BCUT2D eigenvalue weighted by atomic mass is 9.94. The molecule has 0 bridgehead atoms. The fraction of sp³-hybridized carbons (Fsp3) is 0.850. The highest BCUT2D eigenvalue weighted by Gasteiger charge is 2.70. The molecule has 2 N–H and O–H groups in total. The summed E-state index contributed by atoms with van der Waals surface area (Å²) in [5.41, 5.74) is -0.697. The number of fused-ring (bicyclic) bond motifs is 1. The van der Waals surface area contributed by atoms with Gasteiger partial charge in [-0.25, -0.2) is 9.59 Å². The summed E-state index contributed by atoms with van der Waals surface area (Å²) in [6.07, 6.45) is 3.13. The van der Waals surface area contributed by atoms with Gasteiger partial charge in [0.25, 0.3) is 0 Å². The van der Waals surface area contributed by atoms with E-state index in [-0.39, 0.29) is 29.1 Å². The Balaban J connectivity index is 1.77. The van der Waals surface area contributed by atoms with Gasteiger partial charge in [0.1, 0.15) is 17.7 Å². The zero-order chi connectivity index (χ0) is 20.1. The van der Waals surface area contributed by atoms with E-state index in [1.165, 1.54) is 4.90 Å². The van der Waals surface area contributed by atoms with Gasteiger partial charge in [0, 0.05) is 12.5 Å². The summed E-state index contributed by atoms with van der Waals surface area (Å²) in [5.74, 6) is -0.991. The third-order valence-corrected chi connectivity index (χ3v) is 6.55. The molecule has 3 rings (SSSR count). The monoisotopic (exact) mass is 380 g/mol. The Morgan fingerprint density at radius 2 is 1.78 bits per heavy atom. The molecular formula is C20H32N2O5. The van der Waals surface area contributed by atoms with Gasteiger partial charge in [-0.2, -0.15) is 0 Å².